The molecule has 0 aliphatic carbocycles. The highest BCUT2D eigenvalue weighted by molar-refractivity contribution is 9.10. The largest absolute Gasteiger partial charge is 0.494 e. The second-order valence-electron chi connectivity index (χ2n) is 9.14. The third kappa shape index (κ3) is 6.10. The Morgan fingerprint density at radius 2 is 1.70 bits per heavy atom. The fourth-order valence-corrected chi connectivity index (χ4v) is 4.92. The van der Waals surface area contributed by atoms with Gasteiger partial charge in [0.05, 0.1) is 35.7 Å². The summed E-state index contributed by atoms with van der Waals surface area (Å²) in [7, 11) is 0. The molecule has 1 fully saturated rings. The smallest absolute Gasteiger partial charge is 0.303 e. The number of morpholine rings is 1. The van der Waals surface area contributed by atoms with Crippen molar-refractivity contribution >= 4 is 44.2 Å². The highest BCUT2D eigenvalue weighted by Crippen LogP contribution is 2.33. The van der Waals surface area contributed by atoms with Crippen molar-refractivity contribution in [2.75, 3.05) is 26.3 Å². The number of aromatic hydroxyl groups is 1. The third-order valence-corrected chi connectivity index (χ3v) is 7.01. The fourth-order valence-electron chi connectivity index (χ4n) is 4.56. The number of nitrogens with zero attached hydrogens (tertiary/aromatic N) is 2. The lowest BCUT2D eigenvalue weighted by Gasteiger charge is -2.26. The van der Waals surface area contributed by atoms with Crippen molar-refractivity contribution in [2.24, 2.45) is 4.99 Å². The first-order valence-electron chi connectivity index (χ1n) is 12.3. The molecule has 190 valence electrons. The number of halogens is 1. The molecule has 0 radical (unpaired) electrons. The van der Waals surface area contributed by atoms with Crippen LogP contribution < -0.4 is 0 Å². The Kier molecular flexibility index (Phi) is 7.69. The van der Waals surface area contributed by atoms with Crippen LogP contribution in [0.1, 0.15) is 28.7 Å². The number of ether oxygens (including phenoxy) is 1. The van der Waals surface area contributed by atoms with Crippen LogP contribution in [0.4, 0.5) is 5.69 Å². The summed E-state index contributed by atoms with van der Waals surface area (Å²) < 4.78 is 6.35. The van der Waals surface area contributed by atoms with Gasteiger partial charge >= 0.3 is 5.97 Å². The van der Waals surface area contributed by atoms with Crippen LogP contribution in [-0.4, -0.2) is 58.1 Å². The molecule has 37 heavy (non-hydrogen) atoms. The molecule has 8 heteroatoms. The predicted molar refractivity (Wildman–Crippen MR) is 148 cm³/mol. The van der Waals surface area contributed by atoms with Crippen molar-refractivity contribution in [3.63, 3.8) is 0 Å². The van der Waals surface area contributed by atoms with Gasteiger partial charge < -0.3 is 19.9 Å². The van der Waals surface area contributed by atoms with Crippen LogP contribution in [0.25, 0.3) is 10.9 Å². The van der Waals surface area contributed by atoms with E-state index in [1.165, 1.54) is 5.56 Å². The summed E-state index contributed by atoms with van der Waals surface area (Å²) in [4.78, 5) is 21.4. The van der Waals surface area contributed by atoms with Gasteiger partial charge in [0, 0.05) is 41.5 Å². The number of fused-ring (bicyclic) bond motifs is 1. The van der Waals surface area contributed by atoms with E-state index in [-0.39, 0.29) is 12.3 Å². The lowest BCUT2D eigenvalue weighted by Crippen LogP contribution is -2.35. The van der Waals surface area contributed by atoms with Crippen molar-refractivity contribution < 1.29 is 19.7 Å². The molecule has 2 heterocycles. The van der Waals surface area contributed by atoms with E-state index in [4.69, 9.17) is 14.8 Å². The Hall–Kier alpha value is -3.46. The summed E-state index contributed by atoms with van der Waals surface area (Å²) in [5.41, 5.74) is 5.82. The first-order chi connectivity index (χ1) is 18.0. The number of carboxylic acids is 1. The van der Waals surface area contributed by atoms with Crippen LogP contribution in [0, 0.1) is 0 Å². The van der Waals surface area contributed by atoms with Crippen LogP contribution >= 0.6 is 15.9 Å². The van der Waals surface area contributed by atoms with Gasteiger partial charge in [-0.1, -0.05) is 58.4 Å². The van der Waals surface area contributed by atoms with Gasteiger partial charge in [0.2, 0.25) is 0 Å². The molecule has 1 aliphatic rings. The predicted octanol–water partition coefficient (Wildman–Crippen LogP) is 5.65. The lowest BCUT2D eigenvalue weighted by atomic mass is 9.98. The summed E-state index contributed by atoms with van der Waals surface area (Å²) in [6, 6.07) is 21.7. The van der Waals surface area contributed by atoms with Crippen molar-refractivity contribution in [2.45, 2.75) is 19.4 Å². The Bertz CT molecular complexity index is 1420. The number of aliphatic imine (C=N–C) groups is 1. The van der Waals surface area contributed by atoms with Gasteiger partial charge in [0.1, 0.15) is 0 Å². The van der Waals surface area contributed by atoms with Gasteiger partial charge in [0.15, 0.2) is 5.88 Å². The zero-order valence-corrected chi connectivity index (χ0v) is 21.9. The molecule has 0 unspecified atom stereocenters. The summed E-state index contributed by atoms with van der Waals surface area (Å²) in [5.74, 6) is -0.774. The first kappa shape index (κ1) is 25.2. The molecule has 0 atom stereocenters. The maximum Gasteiger partial charge on any atom is 0.303 e. The van der Waals surface area contributed by atoms with Crippen molar-refractivity contribution in [3.8, 4) is 5.88 Å². The fraction of sp³-hybridized carbons (Fsp3) is 0.241. The number of aromatic amines is 1. The highest BCUT2D eigenvalue weighted by Gasteiger charge is 2.19. The van der Waals surface area contributed by atoms with E-state index in [1.807, 2.05) is 54.6 Å². The van der Waals surface area contributed by atoms with Crippen LogP contribution in [0.3, 0.4) is 0 Å². The lowest BCUT2D eigenvalue weighted by molar-refractivity contribution is -0.136. The Labute approximate surface area is 223 Å². The SMILES string of the molecule is O=C(O)CCc1ccc(C(=Nc2ccc(CN3CCOCC3)cc2)c2c(O)[nH]c3cc(Br)ccc23)cc1. The Morgan fingerprint density at radius 1 is 1.00 bits per heavy atom. The molecule has 4 aromatic rings. The van der Waals surface area contributed by atoms with Crippen LogP contribution in [0.2, 0.25) is 0 Å². The highest BCUT2D eigenvalue weighted by atomic mass is 79.9. The van der Waals surface area contributed by atoms with Crippen LogP contribution in [0.5, 0.6) is 5.88 Å². The van der Waals surface area contributed by atoms with E-state index in [1.54, 1.807) is 0 Å². The summed E-state index contributed by atoms with van der Waals surface area (Å²) in [6.45, 7) is 4.28. The van der Waals surface area contributed by atoms with E-state index in [0.717, 1.165) is 65.0 Å². The number of aryl methyl sites for hydroxylation is 1. The van der Waals surface area contributed by atoms with Crippen LogP contribution in [-0.2, 0) is 22.5 Å². The summed E-state index contributed by atoms with van der Waals surface area (Å²) in [5, 5.41) is 20.8. The minimum atomic E-state index is -0.821. The zero-order valence-electron chi connectivity index (χ0n) is 20.3. The van der Waals surface area contributed by atoms with E-state index < -0.39 is 5.97 Å². The van der Waals surface area contributed by atoms with Gasteiger partial charge in [-0.05, 0) is 41.8 Å². The topological polar surface area (TPSA) is 98.2 Å². The third-order valence-electron chi connectivity index (χ3n) is 6.52. The maximum atomic E-state index is 11.0. The van der Waals surface area contributed by atoms with Gasteiger partial charge in [-0.2, -0.15) is 0 Å². The van der Waals surface area contributed by atoms with Crippen molar-refractivity contribution in [1.29, 1.82) is 0 Å². The first-order valence-corrected chi connectivity index (χ1v) is 13.0. The van der Waals surface area contributed by atoms with Gasteiger partial charge in [-0.15, -0.1) is 0 Å². The standard InChI is InChI=1S/C29H28BrN3O4/c30-22-8-11-24-25(17-22)32-29(36)27(24)28(21-6-1-19(2-7-21)5-12-26(34)35)31-23-9-3-20(4-10-23)18-33-13-15-37-16-14-33/h1-4,6-11,17,32,36H,5,12-16,18H2,(H,34,35). The van der Waals surface area contributed by atoms with Crippen molar-refractivity contribution in [1.82, 2.24) is 9.88 Å². The number of H-pyrrole nitrogens is 1. The quantitative estimate of drug-likeness (QED) is 0.241. The summed E-state index contributed by atoms with van der Waals surface area (Å²) >= 11 is 3.49. The molecule has 0 saturated carbocycles. The van der Waals surface area contributed by atoms with E-state index in [2.05, 4.69) is 37.9 Å². The summed E-state index contributed by atoms with van der Waals surface area (Å²) in [6.07, 6.45) is 0.536. The van der Waals surface area contributed by atoms with E-state index in [0.29, 0.717) is 17.7 Å². The van der Waals surface area contributed by atoms with Gasteiger partial charge in [0.25, 0.3) is 0 Å². The normalized spacial score (nSPS) is 14.8. The maximum absolute atomic E-state index is 11.0. The number of rotatable bonds is 8. The Balaban J connectivity index is 1.51. The number of hydrogen-bond donors (Lipinski definition) is 3. The number of nitrogens with one attached hydrogen (secondary N) is 1. The average molecular weight is 562 g/mol. The molecule has 1 saturated heterocycles. The molecule has 7 nitrogen and oxygen atoms in total. The van der Waals surface area contributed by atoms with Crippen molar-refractivity contribution in [3.05, 3.63) is 93.5 Å². The minimum absolute atomic E-state index is 0.0470. The molecule has 3 aromatic carbocycles. The van der Waals surface area contributed by atoms with Crippen LogP contribution in [0.15, 0.2) is 76.2 Å². The molecular weight excluding hydrogens is 534 g/mol. The Morgan fingerprint density at radius 3 is 2.41 bits per heavy atom. The second kappa shape index (κ2) is 11.3. The molecular formula is C29H28BrN3O4. The van der Waals surface area contributed by atoms with E-state index in [9.17, 15) is 9.90 Å². The molecule has 3 N–H and O–H groups in total. The zero-order chi connectivity index (χ0) is 25.8. The number of aliphatic carboxylic acids is 1. The molecule has 0 amide bonds. The molecule has 5 rings (SSSR count). The van der Waals surface area contributed by atoms with E-state index >= 15 is 0 Å². The monoisotopic (exact) mass is 561 g/mol. The molecule has 1 aliphatic heterocycles. The van der Waals surface area contributed by atoms with Gasteiger partial charge in [-0.25, -0.2) is 4.99 Å². The number of aromatic nitrogens is 1. The number of carbonyl (C=O) groups is 1. The molecule has 1 aromatic heterocycles. The molecule has 0 bridgehead atoms. The number of carboxylic acid groups (broad SMARTS) is 1. The molecule has 0 spiro atoms. The average Bonchev–Trinajstić information content (AvgIpc) is 3.22. The van der Waals surface area contributed by atoms with Gasteiger partial charge in [-0.3, -0.25) is 9.69 Å². The minimum Gasteiger partial charge on any atom is -0.494 e. The second-order valence-corrected chi connectivity index (χ2v) is 10.1. The number of benzene rings is 3. The number of hydrogen-bond acceptors (Lipinski definition) is 5.